The van der Waals surface area contributed by atoms with E-state index in [0.29, 0.717) is 17.9 Å². The third kappa shape index (κ3) is 3.93. The van der Waals surface area contributed by atoms with Crippen LogP contribution in [0, 0.1) is 11.8 Å². The molecule has 1 atom stereocenters. The van der Waals surface area contributed by atoms with Crippen molar-refractivity contribution in [2.75, 3.05) is 32.8 Å². The molecule has 1 amide bonds. The lowest BCUT2D eigenvalue weighted by atomic mass is 9.97. The number of hydrogen-bond acceptors (Lipinski definition) is 3. The molecule has 0 radical (unpaired) electrons. The number of amides is 1. The first-order chi connectivity index (χ1) is 9.31. The van der Waals surface area contributed by atoms with Crippen molar-refractivity contribution in [3.05, 3.63) is 0 Å². The molecule has 3 fully saturated rings. The average Bonchev–Trinajstić information content (AvgIpc) is 3.24. The molecule has 2 heterocycles. The first-order valence-corrected chi connectivity index (χ1v) is 7.92. The van der Waals surface area contributed by atoms with Gasteiger partial charge in [-0.1, -0.05) is 0 Å². The molecule has 0 spiro atoms. The van der Waals surface area contributed by atoms with Crippen molar-refractivity contribution < 1.29 is 9.53 Å². The van der Waals surface area contributed by atoms with Gasteiger partial charge in [0.1, 0.15) is 0 Å². The van der Waals surface area contributed by atoms with Crippen molar-refractivity contribution in [3.63, 3.8) is 0 Å². The first-order valence-electron chi connectivity index (χ1n) is 7.92. The summed E-state index contributed by atoms with van der Waals surface area (Å²) in [6.07, 6.45) is 6.99. The van der Waals surface area contributed by atoms with Crippen molar-refractivity contribution >= 4 is 5.91 Å². The van der Waals surface area contributed by atoms with E-state index >= 15 is 0 Å². The zero-order valence-electron chi connectivity index (χ0n) is 11.8. The van der Waals surface area contributed by atoms with Crippen LogP contribution in [0.2, 0.25) is 0 Å². The van der Waals surface area contributed by atoms with Crippen LogP contribution in [0.4, 0.5) is 0 Å². The fraction of sp³-hybridized carbons (Fsp3) is 0.933. The second-order valence-corrected chi connectivity index (χ2v) is 6.44. The van der Waals surface area contributed by atoms with Crippen LogP contribution >= 0.6 is 0 Å². The van der Waals surface area contributed by atoms with Crippen LogP contribution < -0.4 is 5.32 Å². The summed E-state index contributed by atoms with van der Waals surface area (Å²) >= 11 is 0. The van der Waals surface area contributed by atoms with Gasteiger partial charge in [0.25, 0.3) is 0 Å². The second kappa shape index (κ2) is 6.23. The highest BCUT2D eigenvalue weighted by molar-refractivity contribution is 5.81. The highest BCUT2D eigenvalue weighted by Gasteiger charge is 2.32. The highest BCUT2D eigenvalue weighted by Crippen LogP contribution is 2.29. The van der Waals surface area contributed by atoms with Gasteiger partial charge in [0, 0.05) is 38.3 Å². The minimum Gasteiger partial charge on any atom is -0.381 e. The summed E-state index contributed by atoms with van der Waals surface area (Å²) in [5.41, 5.74) is 0. The number of ether oxygens (including phenoxy) is 1. The summed E-state index contributed by atoms with van der Waals surface area (Å²) < 4.78 is 5.42. The Morgan fingerprint density at radius 1 is 1.16 bits per heavy atom. The molecule has 3 rings (SSSR count). The predicted molar refractivity (Wildman–Crippen MR) is 73.9 cm³/mol. The molecule has 4 nitrogen and oxygen atoms in total. The van der Waals surface area contributed by atoms with Crippen LogP contribution in [-0.2, 0) is 9.53 Å². The maximum atomic E-state index is 11.8. The largest absolute Gasteiger partial charge is 0.381 e. The van der Waals surface area contributed by atoms with E-state index in [1.165, 1.54) is 32.4 Å². The summed E-state index contributed by atoms with van der Waals surface area (Å²) in [6, 6.07) is 0.390. The standard InChI is InChI=1S/C15H26N2O2/c18-15(13-3-4-13)16-14-2-1-7-17(11-14)10-12-5-8-19-9-6-12/h12-14H,1-11H2,(H,16,18). The highest BCUT2D eigenvalue weighted by atomic mass is 16.5. The van der Waals surface area contributed by atoms with Gasteiger partial charge in [-0.2, -0.15) is 0 Å². The van der Waals surface area contributed by atoms with Gasteiger partial charge in [0.05, 0.1) is 0 Å². The molecule has 1 unspecified atom stereocenters. The smallest absolute Gasteiger partial charge is 0.223 e. The van der Waals surface area contributed by atoms with Gasteiger partial charge >= 0.3 is 0 Å². The van der Waals surface area contributed by atoms with E-state index in [9.17, 15) is 4.79 Å². The summed E-state index contributed by atoms with van der Waals surface area (Å²) in [5.74, 6) is 1.44. The van der Waals surface area contributed by atoms with Gasteiger partial charge in [0.2, 0.25) is 5.91 Å². The minimum absolute atomic E-state index is 0.304. The van der Waals surface area contributed by atoms with E-state index in [4.69, 9.17) is 4.74 Å². The summed E-state index contributed by atoms with van der Waals surface area (Å²) in [5, 5.41) is 3.24. The van der Waals surface area contributed by atoms with Gasteiger partial charge in [0.15, 0.2) is 0 Å². The van der Waals surface area contributed by atoms with Crippen LogP contribution in [0.5, 0.6) is 0 Å². The molecule has 0 bridgehead atoms. The SMILES string of the molecule is O=C(NC1CCCN(CC2CCOCC2)C1)C1CC1. The third-order valence-corrected chi connectivity index (χ3v) is 4.66. The van der Waals surface area contributed by atoms with Crippen molar-refractivity contribution in [2.45, 2.75) is 44.6 Å². The van der Waals surface area contributed by atoms with Crippen molar-refractivity contribution in [3.8, 4) is 0 Å². The number of piperidine rings is 1. The topological polar surface area (TPSA) is 41.6 Å². The van der Waals surface area contributed by atoms with Crippen molar-refractivity contribution in [2.24, 2.45) is 11.8 Å². The molecule has 2 saturated heterocycles. The molecule has 19 heavy (non-hydrogen) atoms. The molecule has 0 aromatic rings. The van der Waals surface area contributed by atoms with Crippen LogP contribution in [-0.4, -0.2) is 49.7 Å². The summed E-state index contributed by atoms with van der Waals surface area (Å²) in [7, 11) is 0. The molecule has 1 aliphatic carbocycles. The molecule has 0 aromatic carbocycles. The van der Waals surface area contributed by atoms with Gasteiger partial charge in [-0.05, 0) is 51.0 Å². The van der Waals surface area contributed by atoms with E-state index in [2.05, 4.69) is 10.2 Å². The number of carbonyl (C=O) groups is 1. The Balaban J connectivity index is 1.42. The molecule has 108 valence electrons. The summed E-state index contributed by atoms with van der Waals surface area (Å²) in [6.45, 7) is 5.31. The first kappa shape index (κ1) is 13.4. The molecular weight excluding hydrogens is 240 g/mol. The normalized spacial score (nSPS) is 30.2. The average molecular weight is 266 g/mol. The van der Waals surface area contributed by atoms with Gasteiger partial charge in [-0.15, -0.1) is 0 Å². The van der Waals surface area contributed by atoms with Crippen LogP contribution in [0.15, 0.2) is 0 Å². The summed E-state index contributed by atoms with van der Waals surface area (Å²) in [4.78, 5) is 14.4. The van der Waals surface area contributed by atoms with E-state index < -0.39 is 0 Å². The van der Waals surface area contributed by atoms with E-state index in [0.717, 1.165) is 44.9 Å². The Hall–Kier alpha value is -0.610. The fourth-order valence-electron chi connectivity index (χ4n) is 3.30. The van der Waals surface area contributed by atoms with Gasteiger partial charge in [-0.25, -0.2) is 0 Å². The second-order valence-electron chi connectivity index (χ2n) is 6.44. The molecule has 1 saturated carbocycles. The van der Waals surface area contributed by atoms with Gasteiger partial charge in [-0.3, -0.25) is 4.79 Å². The lowest BCUT2D eigenvalue weighted by Gasteiger charge is -2.36. The van der Waals surface area contributed by atoms with E-state index in [1.807, 2.05) is 0 Å². The molecule has 0 aromatic heterocycles. The Morgan fingerprint density at radius 2 is 1.95 bits per heavy atom. The lowest BCUT2D eigenvalue weighted by molar-refractivity contribution is -0.123. The molecule has 2 aliphatic heterocycles. The fourth-order valence-corrected chi connectivity index (χ4v) is 3.30. The monoisotopic (exact) mass is 266 g/mol. The number of likely N-dealkylation sites (tertiary alicyclic amines) is 1. The maximum absolute atomic E-state index is 11.8. The van der Waals surface area contributed by atoms with Crippen molar-refractivity contribution in [1.82, 2.24) is 10.2 Å². The third-order valence-electron chi connectivity index (χ3n) is 4.66. The Kier molecular flexibility index (Phi) is 4.38. The zero-order chi connectivity index (χ0) is 13.1. The molecule has 4 heteroatoms. The number of rotatable bonds is 4. The lowest BCUT2D eigenvalue weighted by Crippen LogP contribution is -2.49. The Labute approximate surface area is 115 Å². The zero-order valence-corrected chi connectivity index (χ0v) is 11.8. The Morgan fingerprint density at radius 3 is 2.68 bits per heavy atom. The van der Waals surface area contributed by atoms with Crippen LogP contribution in [0.1, 0.15) is 38.5 Å². The van der Waals surface area contributed by atoms with Crippen LogP contribution in [0.25, 0.3) is 0 Å². The number of hydrogen-bond donors (Lipinski definition) is 1. The molecule has 3 aliphatic rings. The van der Waals surface area contributed by atoms with Crippen LogP contribution in [0.3, 0.4) is 0 Å². The minimum atomic E-state index is 0.304. The van der Waals surface area contributed by atoms with E-state index in [-0.39, 0.29) is 0 Å². The number of carbonyl (C=O) groups excluding carboxylic acids is 1. The number of nitrogens with zero attached hydrogens (tertiary/aromatic N) is 1. The van der Waals surface area contributed by atoms with Crippen molar-refractivity contribution in [1.29, 1.82) is 0 Å². The quantitative estimate of drug-likeness (QED) is 0.836. The molecular formula is C15H26N2O2. The van der Waals surface area contributed by atoms with E-state index in [1.54, 1.807) is 0 Å². The predicted octanol–water partition coefficient (Wildman–Crippen LogP) is 1.40. The Bertz CT molecular complexity index is 311. The number of nitrogens with one attached hydrogen (secondary N) is 1. The maximum Gasteiger partial charge on any atom is 0.223 e. The molecule has 1 N–H and O–H groups in total. The van der Waals surface area contributed by atoms with Gasteiger partial charge < -0.3 is 15.0 Å².